The molecule has 0 spiro atoms. The van der Waals surface area contributed by atoms with Gasteiger partial charge in [-0.15, -0.1) is 11.3 Å². The Morgan fingerprint density at radius 1 is 1.11 bits per heavy atom. The van der Waals surface area contributed by atoms with Crippen molar-refractivity contribution in [1.82, 2.24) is 20.4 Å². The molecule has 0 bridgehead atoms. The Balaban J connectivity index is 1.49. The van der Waals surface area contributed by atoms with Gasteiger partial charge in [0.2, 0.25) is 0 Å². The summed E-state index contributed by atoms with van der Waals surface area (Å²) in [4.78, 5) is 52.0. The Hall–Kier alpha value is -3.53. The maximum absolute atomic E-state index is 12.3. The van der Waals surface area contributed by atoms with E-state index in [1.807, 2.05) is 0 Å². The number of carbonyl (C=O) groups excluding carboxylic acids is 3. The molecule has 0 aliphatic rings. The molecular weight excluding hydrogens is 372 g/mol. The molecule has 2 aromatic heterocycles. The van der Waals surface area contributed by atoms with Crippen molar-refractivity contribution in [2.45, 2.75) is 6.54 Å². The number of aromatic nitrogens is 2. The lowest BCUT2D eigenvalue weighted by Gasteiger charge is -2.08. The molecule has 2 N–H and O–H groups in total. The van der Waals surface area contributed by atoms with Gasteiger partial charge in [0.25, 0.3) is 17.4 Å². The predicted molar refractivity (Wildman–Crippen MR) is 96.9 cm³/mol. The quantitative estimate of drug-likeness (QED) is 0.486. The molecule has 3 rings (SSSR count). The summed E-state index contributed by atoms with van der Waals surface area (Å²) in [5.74, 6) is -1.97. The molecule has 3 aromatic rings. The van der Waals surface area contributed by atoms with E-state index in [2.05, 4.69) is 15.8 Å². The molecule has 138 valence electrons. The highest BCUT2D eigenvalue weighted by atomic mass is 32.1. The van der Waals surface area contributed by atoms with Crippen LogP contribution in [0.15, 0.2) is 52.9 Å². The number of hydrogen-bond donors (Lipinski definition) is 2. The Kier molecular flexibility index (Phi) is 5.57. The van der Waals surface area contributed by atoms with Crippen molar-refractivity contribution in [3.63, 3.8) is 0 Å². The van der Waals surface area contributed by atoms with Crippen molar-refractivity contribution < 1.29 is 19.1 Å². The number of nitrogens with zero attached hydrogens (tertiary/aromatic N) is 2. The Morgan fingerprint density at radius 2 is 1.93 bits per heavy atom. The predicted octanol–water partition coefficient (Wildman–Crippen LogP) is 0.462. The maximum atomic E-state index is 12.3. The zero-order chi connectivity index (χ0) is 19.2. The number of fused-ring (bicyclic) bond motifs is 1. The first-order valence-electron chi connectivity index (χ1n) is 7.77. The highest BCUT2D eigenvalue weighted by Crippen LogP contribution is 2.07. The first kappa shape index (κ1) is 18.3. The molecule has 0 aliphatic heterocycles. The molecule has 0 saturated heterocycles. The molecular formula is C17H14N4O5S. The minimum atomic E-state index is -0.783. The third kappa shape index (κ3) is 4.55. The molecule has 9 nitrogen and oxygen atoms in total. The first-order chi connectivity index (χ1) is 13.0. The van der Waals surface area contributed by atoms with Crippen LogP contribution in [0.5, 0.6) is 0 Å². The van der Waals surface area contributed by atoms with E-state index in [0.717, 1.165) is 4.57 Å². The second kappa shape index (κ2) is 8.23. The fraction of sp³-hybridized carbons (Fsp3) is 0.118. The van der Waals surface area contributed by atoms with E-state index in [4.69, 9.17) is 4.74 Å². The molecule has 0 saturated carbocycles. The number of esters is 1. The van der Waals surface area contributed by atoms with Crippen LogP contribution in [0, 0.1) is 0 Å². The summed E-state index contributed by atoms with van der Waals surface area (Å²) in [6.45, 7) is -0.981. The number of thiophene rings is 1. The van der Waals surface area contributed by atoms with Gasteiger partial charge in [-0.3, -0.25) is 34.6 Å². The lowest BCUT2D eigenvalue weighted by Crippen LogP contribution is -2.43. The number of rotatable bonds is 5. The Labute approximate surface area is 156 Å². The zero-order valence-corrected chi connectivity index (χ0v) is 14.7. The SMILES string of the molecule is O=C(COC(=O)Cn1cnc2ccccc2c1=O)NNC(=O)c1cccs1. The van der Waals surface area contributed by atoms with Gasteiger partial charge >= 0.3 is 5.97 Å². The van der Waals surface area contributed by atoms with Crippen molar-refractivity contribution in [2.75, 3.05) is 6.61 Å². The second-order valence-corrected chi connectivity index (χ2v) is 6.28. The summed E-state index contributed by atoms with van der Waals surface area (Å²) in [7, 11) is 0. The van der Waals surface area contributed by atoms with Gasteiger partial charge in [0, 0.05) is 0 Å². The summed E-state index contributed by atoms with van der Waals surface area (Å²) >= 11 is 1.22. The van der Waals surface area contributed by atoms with E-state index in [1.165, 1.54) is 17.7 Å². The van der Waals surface area contributed by atoms with E-state index in [-0.39, 0.29) is 12.1 Å². The van der Waals surface area contributed by atoms with Gasteiger partial charge in [0.05, 0.1) is 22.1 Å². The number of hydrogen-bond acceptors (Lipinski definition) is 7. The number of amides is 2. The fourth-order valence-corrected chi connectivity index (χ4v) is 2.80. The van der Waals surface area contributed by atoms with E-state index in [9.17, 15) is 19.2 Å². The summed E-state index contributed by atoms with van der Waals surface area (Å²) in [6, 6.07) is 10.0. The van der Waals surface area contributed by atoms with Gasteiger partial charge in [0.1, 0.15) is 6.54 Å². The number of benzene rings is 1. The molecule has 2 amide bonds. The fourth-order valence-electron chi connectivity index (χ4n) is 2.18. The minimum Gasteiger partial charge on any atom is -0.454 e. The van der Waals surface area contributed by atoms with Crippen molar-refractivity contribution in [1.29, 1.82) is 0 Å². The van der Waals surface area contributed by atoms with E-state index >= 15 is 0 Å². The highest BCUT2D eigenvalue weighted by Gasteiger charge is 2.12. The first-order valence-corrected chi connectivity index (χ1v) is 8.65. The van der Waals surface area contributed by atoms with Crippen molar-refractivity contribution in [2.24, 2.45) is 0 Å². The Bertz CT molecular complexity index is 1040. The monoisotopic (exact) mass is 386 g/mol. The third-order valence-electron chi connectivity index (χ3n) is 3.46. The molecule has 0 fully saturated rings. The molecule has 0 unspecified atom stereocenters. The zero-order valence-electron chi connectivity index (χ0n) is 13.9. The van der Waals surface area contributed by atoms with Crippen LogP contribution in [0.1, 0.15) is 9.67 Å². The van der Waals surface area contributed by atoms with Gasteiger partial charge < -0.3 is 4.74 Å². The maximum Gasteiger partial charge on any atom is 0.326 e. The number of para-hydroxylation sites is 1. The van der Waals surface area contributed by atoms with Crippen LogP contribution in [0.2, 0.25) is 0 Å². The van der Waals surface area contributed by atoms with Crippen LogP contribution < -0.4 is 16.4 Å². The normalized spacial score (nSPS) is 10.4. The van der Waals surface area contributed by atoms with Crippen molar-refractivity contribution >= 4 is 40.0 Å². The molecule has 0 radical (unpaired) electrons. The van der Waals surface area contributed by atoms with Crippen LogP contribution in [-0.2, 0) is 20.9 Å². The van der Waals surface area contributed by atoms with E-state index in [1.54, 1.807) is 41.8 Å². The number of ether oxygens (including phenoxy) is 1. The van der Waals surface area contributed by atoms with Crippen LogP contribution in [0.25, 0.3) is 10.9 Å². The molecule has 1 aromatic carbocycles. The van der Waals surface area contributed by atoms with Gasteiger partial charge in [0.15, 0.2) is 6.61 Å². The van der Waals surface area contributed by atoms with Gasteiger partial charge in [-0.25, -0.2) is 4.98 Å². The van der Waals surface area contributed by atoms with Crippen molar-refractivity contribution in [3.05, 3.63) is 63.3 Å². The lowest BCUT2D eigenvalue weighted by atomic mass is 10.2. The minimum absolute atomic E-state index is 0.377. The van der Waals surface area contributed by atoms with Crippen molar-refractivity contribution in [3.8, 4) is 0 Å². The average molecular weight is 386 g/mol. The smallest absolute Gasteiger partial charge is 0.326 e. The molecule has 10 heteroatoms. The average Bonchev–Trinajstić information content (AvgIpc) is 3.22. The lowest BCUT2D eigenvalue weighted by molar-refractivity contribution is -0.149. The van der Waals surface area contributed by atoms with Gasteiger partial charge in [-0.2, -0.15) is 0 Å². The molecule has 27 heavy (non-hydrogen) atoms. The summed E-state index contributed by atoms with van der Waals surface area (Å²) < 4.78 is 5.91. The largest absolute Gasteiger partial charge is 0.454 e. The van der Waals surface area contributed by atoms with Crippen LogP contribution in [0.3, 0.4) is 0 Å². The molecule has 0 atom stereocenters. The van der Waals surface area contributed by atoms with E-state index < -0.39 is 24.4 Å². The van der Waals surface area contributed by atoms with Gasteiger partial charge in [-0.1, -0.05) is 18.2 Å². The van der Waals surface area contributed by atoms with Crippen LogP contribution in [0.4, 0.5) is 0 Å². The molecule has 0 aliphatic carbocycles. The number of nitrogens with one attached hydrogen (secondary N) is 2. The Morgan fingerprint density at radius 3 is 2.70 bits per heavy atom. The van der Waals surface area contributed by atoms with Gasteiger partial charge in [-0.05, 0) is 23.6 Å². The summed E-state index contributed by atoms with van der Waals surface area (Å²) in [6.07, 6.45) is 1.24. The standard InChI is InChI=1S/C17H14N4O5S/c22-14(19-20-16(24)13-6-3-7-27-13)9-26-15(23)8-21-10-18-12-5-2-1-4-11(12)17(21)25/h1-7,10H,8-9H2,(H,19,22)(H,20,24). The van der Waals surface area contributed by atoms with E-state index in [0.29, 0.717) is 15.8 Å². The summed E-state index contributed by atoms with van der Waals surface area (Å²) in [5.41, 5.74) is 4.48. The number of carbonyl (C=O) groups is 3. The second-order valence-electron chi connectivity index (χ2n) is 5.34. The van der Waals surface area contributed by atoms with Crippen LogP contribution >= 0.6 is 11.3 Å². The summed E-state index contributed by atoms with van der Waals surface area (Å²) in [5, 5.41) is 2.10. The highest BCUT2D eigenvalue weighted by molar-refractivity contribution is 7.12. The molecule has 2 heterocycles. The van der Waals surface area contributed by atoms with Crippen LogP contribution in [-0.4, -0.2) is 33.9 Å². The topological polar surface area (TPSA) is 119 Å². The third-order valence-corrected chi connectivity index (χ3v) is 4.32. The number of hydrazine groups is 1.